The Kier molecular flexibility index (Phi) is 5.06. The molecule has 2 heteroatoms. The summed E-state index contributed by atoms with van der Waals surface area (Å²) in [6, 6.07) is 6.18. The number of ether oxygens (including phenoxy) is 1. The van der Waals surface area contributed by atoms with Gasteiger partial charge in [0.1, 0.15) is 12.4 Å². The molecule has 88 valence electrons. The summed E-state index contributed by atoms with van der Waals surface area (Å²) in [5, 5.41) is 0. The maximum Gasteiger partial charge on any atom is 0.125 e. The Labute approximate surface area is 98.1 Å². The van der Waals surface area contributed by atoms with Crippen LogP contribution in [0, 0.1) is 6.92 Å². The van der Waals surface area contributed by atoms with Crippen molar-refractivity contribution in [2.24, 2.45) is 5.73 Å². The predicted octanol–water partition coefficient (Wildman–Crippen LogP) is 2.84. The van der Waals surface area contributed by atoms with Crippen LogP contribution in [0.5, 0.6) is 5.75 Å². The van der Waals surface area contributed by atoms with E-state index in [0.29, 0.717) is 13.2 Å². The maximum atomic E-state index is 5.82. The highest BCUT2D eigenvalue weighted by Gasteiger charge is 2.06. The summed E-state index contributed by atoms with van der Waals surface area (Å²) < 4.78 is 5.82. The van der Waals surface area contributed by atoms with E-state index in [4.69, 9.17) is 10.5 Å². The molecule has 0 aliphatic heterocycles. The van der Waals surface area contributed by atoms with Crippen LogP contribution in [0.15, 0.2) is 30.4 Å². The van der Waals surface area contributed by atoms with Gasteiger partial charge in [-0.2, -0.15) is 0 Å². The van der Waals surface area contributed by atoms with Gasteiger partial charge in [-0.1, -0.05) is 31.7 Å². The largest absolute Gasteiger partial charge is 0.489 e. The van der Waals surface area contributed by atoms with Gasteiger partial charge in [-0.15, -0.1) is 0 Å². The monoisotopic (exact) mass is 219 g/mol. The van der Waals surface area contributed by atoms with Crippen LogP contribution in [0.3, 0.4) is 0 Å². The van der Waals surface area contributed by atoms with Gasteiger partial charge in [0.05, 0.1) is 0 Å². The number of hydrogen-bond acceptors (Lipinski definition) is 2. The quantitative estimate of drug-likeness (QED) is 0.747. The Balaban J connectivity index is 2.79. The third-order valence-electron chi connectivity index (χ3n) is 2.63. The summed E-state index contributed by atoms with van der Waals surface area (Å²) in [7, 11) is 0. The molecule has 1 aromatic rings. The van der Waals surface area contributed by atoms with Crippen LogP contribution in [-0.2, 0) is 6.42 Å². The summed E-state index contributed by atoms with van der Waals surface area (Å²) in [6.45, 7) is 9.33. The highest BCUT2D eigenvalue weighted by Crippen LogP contribution is 2.24. The first-order valence-corrected chi connectivity index (χ1v) is 5.77. The zero-order valence-corrected chi connectivity index (χ0v) is 10.3. The minimum Gasteiger partial charge on any atom is -0.489 e. The second-order valence-corrected chi connectivity index (χ2v) is 3.99. The summed E-state index contributed by atoms with van der Waals surface area (Å²) in [4.78, 5) is 0. The molecule has 0 aliphatic rings. The number of hydrogen-bond donors (Lipinski definition) is 1. The number of aryl methyl sites for hydroxylation is 1. The van der Waals surface area contributed by atoms with Crippen molar-refractivity contribution in [2.45, 2.75) is 26.7 Å². The number of rotatable bonds is 6. The Hall–Kier alpha value is -1.28. The maximum absolute atomic E-state index is 5.82. The van der Waals surface area contributed by atoms with Crippen LogP contribution in [0.1, 0.15) is 24.5 Å². The van der Waals surface area contributed by atoms with E-state index in [9.17, 15) is 0 Å². The first-order chi connectivity index (χ1) is 7.69. The van der Waals surface area contributed by atoms with Crippen molar-refractivity contribution >= 4 is 0 Å². The van der Waals surface area contributed by atoms with Gasteiger partial charge in [0.2, 0.25) is 0 Å². The molecule has 0 bridgehead atoms. The van der Waals surface area contributed by atoms with Gasteiger partial charge >= 0.3 is 0 Å². The number of para-hydroxylation sites is 1. The van der Waals surface area contributed by atoms with Crippen LogP contribution < -0.4 is 10.5 Å². The topological polar surface area (TPSA) is 35.2 Å². The summed E-state index contributed by atoms with van der Waals surface area (Å²) in [6.07, 6.45) is 1.81. The molecule has 0 fully saturated rings. The van der Waals surface area contributed by atoms with E-state index in [2.05, 4.69) is 32.6 Å². The number of nitrogens with two attached hydrogens (primary N) is 1. The molecule has 2 nitrogen and oxygen atoms in total. The van der Waals surface area contributed by atoms with Gasteiger partial charge in [-0.3, -0.25) is 0 Å². The average molecular weight is 219 g/mol. The van der Waals surface area contributed by atoms with Gasteiger partial charge in [-0.25, -0.2) is 0 Å². The predicted molar refractivity (Wildman–Crippen MR) is 68.9 cm³/mol. The molecule has 0 radical (unpaired) electrons. The van der Waals surface area contributed by atoms with E-state index in [-0.39, 0.29) is 0 Å². The highest BCUT2D eigenvalue weighted by atomic mass is 16.5. The van der Waals surface area contributed by atoms with Gasteiger partial charge in [0, 0.05) is 0 Å². The Morgan fingerprint density at radius 1 is 1.44 bits per heavy atom. The standard InChI is InChI=1S/C14H21NO/c1-4-11(2)10-16-14-12(3)6-5-7-13(14)8-9-15/h5-7H,2,4,8-10,15H2,1,3H3. The molecule has 0 amide bonds. The van der Waals surface area contributed by atoms with Gasteiger partial charge < -0.3 is 10.5 Å². The molecule has 0 spiro atoms. The van der Waals surface area contributed by atoms with Crippen LogP contribution in [0.2, 0.25) is 0 Å². The van der Waals surface area contributed by atoms with Crippen molar-refractivity contribution in [1.82, 2.24) is 0 Å². The molecule has 0 saturated heterocycles. The van der Waals surface area contributed by atoms with Crippen molar-refractivity contribution in [3.63, 3.8) is 0 Å². The van der Waals surface area contributed by atoms with Gasteiger partial charge in [0.15, 0.2) is 0 Å². The second kappa shape index (κ2) is 6.33. The van der Waals surface area contributed by atoms with Crippen LogP contribution in [0.4, 0.5) is 0 Å². The summed E-state index contributed by atoms with van der Waals surface area (Å²) in [5.41, 5.74) is 9.05. The minimum atomic E-state index is 0.596. The second-order valence-electron chi connectivity index (χ2n) is 3.99. The molecular formula is C14H21NO. The average Bonchev–Trinajstić information content (AvgIpc) is 2.28. The molecule has 0 saturated carbocycles. The van der Waals surface area contributed by atoms with Crippen LogP contribution in [-0.4, -0.2) is 13.2 Å². The van der Waals surface area contributed by atoms with Crippen molar-refractivity contribution in [2.75, 3.05) is 13.2 Å². The smallest absolute Gasteiger partial charge is 0.125 e. The zero-order chi connectivity index (χ0) is 12.0. The molecule has 0 unspecified atom stereocenters. The van der Waals surface area contributed by atoms with E-state index in [0.717, 1.165) is 29.7 Å². The molecular weight excluding hydrogens is 198 g/mol. The summed E-state index contributed by atoms with van der Waals surface area (Å²) in [5.74, 6) is 0.975. The lowest BCUT2D eigenvalue weighted by Crippen LogP contribution is -2.07. The number of benzene rings is 1. The molecule has 0 atom stereocenters. The normalized spacial score (nSPS) is 10.2. The Morgan fingerprint density at radius 2 is 2.19 bits per heavy atom. The summed E-state index contributed by atoms with van der Waals surface area (Å²) >= 11 is 0. The minimum absolute atomic E-state index is 0.596. The van der Waals surface area contributed by atoms with E-state index in [1.807, 2.05) is 6.07 Å². The Morgan fingerprint density at radius 3 is 2.81 bits per heavy atom. The van der Waals surface area contributed by atoms with E-state index in [1.165, 1.54) is 5.56 Å². The van der Waals surface area contributed by atoms with Crippen molar-refractivity contribution in [3.05, 3.63) is 41.5 Å². The van der Waals surface area contributed by atoms with E-state index >= 15 is 0 Å². The first kappa shape index (κ1) is 12.8. The molecule has 0 heterocycles. The molecule has 1 rings (SSSR count). The van der Waals surface area contributed by atoms with Crippen molar-refractivity contribution in [3.8, 4) is 5.75 Å². The van der Waals surface area contributed by atoms with Gasteiger partial charge in [0.25, 0.3) is 0 Å². The molecule has 16 heavy (non-hydrogen) atoms. The third kappa shape index (κ3) is 3.38. The van der Waals surface area contributed by atoms with E-state index in [1.54, 1.807) is 0 Å². The molecule has 1 aromatic carbocycles. The fourth-order valence-corrected chi connectivity index (χ4v) is 1.55. The van der Waals surface area contributed by atoms with Crippen molar-refractivity contribution < 1.29 is 4.74 Å². The van der Waals surface area contributed by atoms with Crippen LogP contribution >= 0.6 is 0 Å². The molecule has 2 N–H and O–H groups in total. The Bertz CT molecular complexity index is 358. The van der Waals surface area contributed by atoms with E-state index < -0.39 is 0 Å². The first-order valence-electron chi connectivity index (χ1n) is 5.77. The lowest BCUT2D eigenvalue weighted by Gasteiger charge is -2.14. The van der Waals surface area contributed by atoms with Crippen molar-refractivity contribution in [1.29, 1.82) is 0 Å². The fraction of sp³-hybridized carbons (Fsp3) is 0.429. The molecule has 0 aromatic heterocycles. The fourth-order valence-electron chi connectivity index (χ4n) is 1.55. The van der Waals surface area contributed by atoms with Crippen LogP contribution in [0.25, 0.3) is 0 Å². The van der Waals surface area contributed by atoms with Gasteiger partial charge in [-0.05, 0) is 43.0 Å². The lowest BCUT2D eigenvalue weighted by molar-refractivity contribution is 0.343. The SMILES string of the molecule is C=C(CC)COc1c(C)cccc1CCN. The lowest BCUT2D eigenvalue weighted by atomic mass is 10.1. The third-order valence-corrected chi connectivity index (χ3v) is 2.63. The zero-order valence-electron chi connectivity index (χ0n) is 10.3. The highest BCUT2D eigenvalue weighted by molar-refractivity contribution is 5.41. The molecule has 0 aliphatic carbocycles.